The summed E-state index contributed by atoms with van der Waals surface area (Å²) in [7, 11) is 1.60. The Bertz CT molecular complexity index is 1070. The smallest absolute Gasteiger partial charge is 0.253 e. The van der Waals surface area contributed by atoms with Gasteiger partial charge in [0.1, 0.15) is 5.82 Å². The molecule has 1 atom stereocenters. The van der Waals surface area contributed by atoms with Crippen LogP contribution in [-0.2, 0) is 16.1 Å². The van der Waals surface area contributed by atoms with Gasteiger partial charge in [-0.25, -0.2) is 4.98 Å². The lowest BCUT2D eigenvalue weighted by Crippen LogP contribution is -2.36. The molecule has 3 aromatic rings. The number of amides is 2. The van der Waals surface area contributed by atoms with Gasteiger partial charge in [-0.15, -0.1) is 0 Å². The summed E-state index contributed by atoms with van der Waals surface area (Å²) in [5, 5.41) is 5.87. The number of carbonyl (C=O) groups excluding carboxylic acids is 2. The normalized spacial score (nSPS) is 12.2. The van der Waals surface area contributed by atoms with Gasteiger partial charge in [0.2, 0.25) is 5.91 Å². The fourth-order valence-corrected chi connectivity index (χ4v) is 3.47. The molecule has 2 N–H and O–H groups in total. The van der Waals surface area contributed by atoms with Crippen molar-refractivity contribution in [2.24, 2.45) is 5.92 Å². The Morgan fingerprint density at radius 2 is 1.84 bits per heavy atom. The number of carbonyl (C=O) groups is 2. The molecular formula is C24H30N4O3. The number of nitrogens with one attached hydrogen (secondary N) is 2. The highest BCUT2D eigenvalue weighted by atomic mass is 16.5. The van der Waals surface area contributed by atoms with Crippen LogP contribution in [0.4, 0.5) is 5.69 Å². The number of hydrogen-bond donors (Lipinski definition) is 2. The second kappa shape index (κ2) is 9.75. The Labute approximate surface area is 182 Å². The summed E-state index contributed by atoms with van der Waals surface area (Å²) in [5.41, 5.74) is 3.54. The summed E-state index contributed by atoms with van der Waals surface area (Å²) in [5.74, 6) is 0.278. The molecule has 7 heteroatoms. The Hall–Kier alpha value is -3.19. The molecule has 0 radical (unpaired) electrons. The first-order valence-corrected chi connectivity index (χ1v) is 10.5. The summed E-state index contributed by atoms with van der Waals surface area (Å²) in [4.78, 5) is 30.1. The molecular weight excluding hydrogens is 392 g/mol. The highest BCUT2D eigenvalue weighted by Crippen LogP contribution is 2.27. The lowest BCUT2D eigenvalue weighted by Gasteiger charge is -2.16. The molecule has 0 spiro atoms. The van der Waals surface area contributed by atoms with Crippen molar-refractivity contribution in [3.8, 4) is 0 Å². The number of nitrogens with zero attached hydrogens (tertiary/aromatic N) is 2. The Kier molecular flexibility index (Phi) is 7.07. The number of rotatable bonds is 8. The van der Waals surface area contributed by atoms with Crippen molar-refractivity contribution in [1.29, 1.82) is 0 Å². The number of hydrogen-bond acceptors (Lipinski definition) is 4. The van der Waals surface area contributed by atoms with Crippen molar-refractivity contribution < 1.29 is 14.3 Å². The summed E-state index contributed by atoms with van der Waals surface area (Å²) in [6.07, 6.45) is 0. The first-order valence-electron chi connectivity index (χ1n) is 10.5. The van der Waals surface area contributed by atoms with Crippen LogP contribution in [0.15, 0.2) is 42.5 Å². The van der Waals surface area contributed by atoms with E-state index < -0.39 is 0 Å². The zero-order chi connectivity index (χ0) is 22.5. The first-order chi connectivity index (χ1) is 14.8. The quantitative estimate of drug-likeness (QED) is 0.579. The Morgan fingerprint density at radius 3 is 2.48 bits per heavy atom. The number of aromatic nitrogens is 2. The van der Waals surface area contributed by atoms with E-state index in [0.29, 0.717) is 29.9 Å². The third-order valence-electron chi connectivity index (χ3n) is 5.05. The van der Waals surface area contributed by atoms with Gasteiger partial charge in [-0.3, -0.25) is 9.59 Å². The third-order valence-corrected chi connectivity index (χ3v) is 5.05. The van der Waals surface area contributed by atoms with E-state index in [1.54, 1.807) is 13.2 Å². The molecule has 0 aliphatic carbocycles. The van der Waals surface area contributed by atoms with E-state index in [-0.39, 0.29) is 23.8 Å². The van der Waals surface area contributed by atoms with E-state index in [0.717, 1.165) is 16.9 Å². The fraction of sp³-hybridized carbons (Fsp3) is 0.375. The predicted octanol–water partition coefficient (Wildman–Crippen LogP) is 3.75. The minimum Gasteiger partial charge on any atom is -0.383 e. The lowest BCUT2D eigenvalue weighted by atomic mass is 10.1. The second-order valence-electron chi connectivity index (χ2n) is 8.10. The fourth-order valence-electron chi connectivity index (χ4n) is 3.47. The molecule has 0 fully saturated rings. The van der Waals surface area contributed by atoms with Crippen molar-refractivity contribution in [3.63, 3.8) is 0 Å². The number of anilines is 1. The monoisotopic (exact) mass is 422 g/mol. The van der Waals surface area contributed by atoms with Crippen molar-refractivity contribution >= 4 is 28.5 Å². The van der Waals surface area contributed by atoms with Crippen LogP contribution in [0.2, 0.25) is 0 Å². The molecule has 7 nitrogen and oxygen atoms in total. The van der Waals surface area contributed by atoms with E-state index in [1.807, 2.05) is 68.7 Å². The summed E-state index contributed by atoms with van der Waals surface area (Å²) in [6, 6.07) is 13.4. The van der Waals surface area contributed by atoms with Gasteiger partial charge >= 0.3 is 0 Å². The average molecular weight is 423 g/mol. The highest BCUT2D eigenvalue weighted by molar-refractivity contribution is 6.08. The number of fused-ring (bicyclic) bond motifs is 1. The molecule has 0 saturated carbocycles. The van der Waals surface area contributed by atoms with Crippen molar-refractivity contribution in [2.45, 2.75) is 40.3 Å². The lowest BCUT2D eigenvalue weighted by molar-refractivity contribution is -0.118. The van der Waals surface area contributed by atoms with Crippen LogP contribution in [0, 0.1) is 12.8 Å². The molecule has 0 aliphatic rings. The number of benzene rings is 2. The molecule has 0 bridgehead atoms. The maximum Gasteiger partial charge on any atom is 0.253 e. The van der Waals surface area contributed by atoms with Gasteiger partial charge in [-0.05, 0) is 31.5 Å². The number of aryl methyl sites for hydroxylation is 1. The maximum atomic E-state index is 13.2. The van der Waals surface area contributed by atoms with Crippen LogP contribution in [0.25, 0.3) is 11.0 Å². The number of imidazole rings is 1. The molecule has 2 amide bonds. The number of ether oxygens (including phenoxy) is 1. The van der Waals surface area contributed by atoms with Crippen LogP contribution >= 0.6 is 0 Å². The van der Waals surface area contributed by atoms with Gasteiger partial charge in [0.25, 0.3) is 5.91 Å². The second-order valence-corrected chi connectivity index (χ2v) is 8.10. The molecule has 0 unspecified atom stereocenters. The van der Waals surface area contributed by atoms with Crippen LogP contribution in [0.3, 0.4) is 0 Å². The van der Waals surface area contributed by atoms with Crippen molar-refractivity contribution in [1.82, 2.24) is 14.9 Å². The van der Waals surface area contributed by atoms with Gasteiger partial charge in [-0.2, -0.15) is 0 Å². The summed E-state index contributed by atoms with van der Waals surface area (Å²) in [6.45, 7) is 8.45. The van der Waals surface area contributed by atoms with E-state index in [1.165, 1.54) is 0 Å². The predicted molar refractivity (Wildman–Crippen MR) is 122 cm³/mol. The summed E-state index contributed by atoms with van der Waals surface area (Å²) >= 11 is 0. The zero-order valence-electron chi connectivity index (χ0n) is 18.7. The third kappa shape index (κ3) is 5.30. The van der Waals surface area contributed by atoms with E-state index in [9.17, 15) is 9.59 Å². The summed E-state index contributed by atoms with van der Waals surface area (Å²) < 4.78 is 7.18. The van der Waals surface area contributed by atoms with E-state index in [2.05, 4.69) is 15.6 Å². The van der Waals surface area contributed by atoms with Gasteiger partial charge in [0.15, 0.2) is 0 Å². The molecule has 3 rings (SSSR count). The maximum absolute atomic E-state index is 13.2. The molecule has 0 aliphatic heterocycles. The molecule has 31 heavy (non-hydrogen) atoms. The van der Waals surface area contributed by atoms with Crippen molar-refractivity contribution in [2.75, 3.05) is 19.0 Å². The Morgan fingerprint density at radius 1 is 1.13 bits per heavy atom. The largest absolute Gasteiger partial charge is 0.383 e. The zero-order valence-corrected chi connectivity index (χ0v) is 18.7. The van der Waals surface area contributed by atoms with Crippen LogP contribution < -0.4 is 10.6 Å². The molecule has 0 saturated heterocycles. The van der Waals surface area contributed by atoms with Gasteiger partial charge < -0.3 is 19.9 Å². The van der Waals surface area contributed by atoms with Crippen molar-refractivity contribution in [3.05, 3.63) is 59.4 Å². The molecule has 1 heterocycles. The minimum atomic E-state index is -0.232. The van der Waals surface area contributed by atoms with Gasteiger partial charge in [-0.1, -0.05) is 44.2 Å². The average Bonchev–Trinajstić information content (AvgIpc) is 3.03. The van der Waals surface area contributed by atoms with E-state index >= 15 is 0 Å². The topological polar surface area (TPSA) is 85.2 Å². The standard InChI is InChI=1S/C24H30N4O3/c1-15(2)23(29)27-19-11-20(24(30)25-16(3)14-31-5)22-21(12-19)26-17(4)28(22)13-18-9-7-6-8-10-18/h6-12,15-16H,13-14H2,1-5H3,(H,25,30)(H,27,29)/t16-/m0/s1. The van der Waals surface area contributed by atoms with Crippen LogP contribution in [0.5, 0.6) is 0 Å². The molecule has 2 aromatic carbocycles. The highest BCUT2D eigenvalue weighted by Gasteiger charge is 2.21. The van der Waals surface area contributed by atoms with Crippen LogP contribution in [-0.4, -0.2) is 41.1 Å². The SMILES string of the molecule is COC[C@H](C)NC(=O)c1cc(NC(=O)C(C)C)cc2nc(C)n(Cc3ccccc3)c12. The molecule has 164 valence electrons. The van der Waals surface area contributed by atoms with Crippen LogP contribution in [0.1, 0.15) is 42.5 Å². The molecule has 1 aromatic heterocycles. The Balaban J connectivity index is 2.10. The first kappa shape index (κ1) is 22.5. The van der Waals surface area contributed by atoms with E-state index in [4.69, 9.17) is 4.74 Å². The number of methoxy groups -OCH3 is 1. The van der Waals surface area contributed by atoms with Gasteiger partial charge in [0, 0.05) is 31.3 Å². The minimum absolute atomic E-state index is 0.112. The van der Waals surface area contributed by atoms with Gasteiger partial charge in [0.05, 0.1) is 23.2 Å².